The van der Waals surface area contributed by atoms with Gasteiger partial charge < -0.3 is 5.32 Å². The summed E-state index contributed by atoms with van der Waals surface area (Å²) in [6, 6.07) is 5.47. The molecule has 0 amide bonds. The van der Waals surface area contributed by atoms with E-state index in [1.807, 2.05) is 0 Å². The van der Waals surface area contributed by atoms with Crippen LogP contribution < -0.4 is 9.62 Å². The maximum atomic E-state index is 13.2. The van der Waals surface area contributed by atoms with Gasteiger partial charge in [0, 0.05) is 13.1 Å². The van der Waals surface area contributed by atoms with E-state index in [0.29, 0.717) is 18.8 Å². The summed E-state index contributed by atoms with van der Waals surface area (Å²) in [4.78, 5) is 0. The van der Waals surface area contributed by atoms with Gasteiger partial charge in [-0.1, -0.05) is 6.07 Å². The van der Waals surface area contributed by atoms with Gasteiger partial charge in [0.1, 0.15) is 5.82 Å². The summed E-state index contributed by atoms with van der Waals surface area (Å²) >= 11 is 0. The van der Waals surface area contributed by atoms with Gasteiger partial charge in [0.15, 0.2) is 0 Å². The SMILES string of the molecule is CC1CNCCS(=O)(=O)N1c1cccc(F)c1. The molecule has 0 bridgehead atoms. The van der Waals surface area contributed by atoms with Crippen LogP contribution in [0.1, 0.15) is 6.92 Å². The van der Waals surface area contributed by atoms with Gasteiger partial charge in [0.25, 0.3) is 0 Å². The molecular weight excluding hydrogens is 243 g/mol. The number of benzene rings is 1. The van der Waals surface area contributed by atoms with Gasteiger partial charge in [-0.15, -0.1) is 0 Å². The largest absolute Gasteiger partial charge is 0.314 e. The fourth-order valence-electron chi connectivity index (χ4n) is 2.00. The lowest BCUT2D eigenvalue weighted by Crippen LogP contribution is -2.41. The van der Waals surface area contributed by atoms with Crippen molar-refractivity contribution in [3.8, 4) is 0 Å². The molecule has 6 heteroatoms. The molecule has 94 valence electrons. The average Bonchev–Trinajstić information content (AvgIpc) is 2.36. The molecule has 0 saturated carbocycles. The molecule has 1 N–H and O–H groups in total. The van der Waals surface area contributed by atoms with E-state index in [2.05, 4.69) is 5.32 Å². The third-order valence-corrected chi connectivity index (χ3v) is 4.63. The average molecular weight is 258 g/mol. The molecule has 1 fully saturated rings. The van der Waals surface area contributed by atoms with Crippen molar-refractivity contribution in [1.82, 2.24) is 5.32 Å². The lowest BCUT2D eigenvalue weighted by molar-refractivity contribution is 0.585. The van der Waals surface area contributed by atoms with E-state index in [1.54, 1.807) is 13.0 Å². The number of nitrogens with one attached hydrogen (secondary N) is 1. The maximum absolute atomic E-state index is 13.2. The summed E-state index contributed by atoms with van der Waals surface area (Å²) in [5, 5.41) is 3.05. The minimum Gasteiger partial charge on any atom is -0.314 e. The van der Waals surface area contributed by atoms with Crippen LogP contribution in [-0.2, 0) is 10.0 Å². The molecule has 0 aliphatic carbocycles. The van der Waals surface area contributed by atoms with Crippen molar-refractivity contribution in [2.75, 3.05) is 23.1 Å². The van der Waals surface area contributed by atoms with Gasteiger partial charge in [-0.05, 0) is 25.1 Å². The molecule has 0 spiro atoms. The Morgan fingerprint density at radius 2 is 2.24 bits per heavy atom. The van der Waals surface area contributed by atoms with Crippen LogP contribution in [0.25, 0.3) is 0 Å². The van der Waals surface area contributed by atoms with Crippen LogP contribution in [-0.4, -0.2) is 33.3 Å². The second-order valence-electron chi connectivity index (χ2n) is 4.14. The molecule has 1 aliphatic rings. The summed E-state index contributed by atoms with van der Waals surface area (Å²) < 4.78 is 38.6. The predicted molar refractivity (Wildman–Crippen MR) is 65.0 cm³/mol. The van der Waals surface area contributed by atoms with Gasteiger partial charge in [-0.25, -0.2) is 12.8 Å². The summed E-state index contributed by atoms with van der Waals surface area (Å²) in [5.74, 6) is -0.393. The van der Waals surface area contributed by atoms with Gasteiger partial charge in [0.05, 0.1) is 17.5 Å². The van der Waals surface area contributed by atoms with Gasteiger partial charge in [-0.2, -0.15) is 0 Å². The topological polar surface area (TPSA) is 49.4 Å². The van der Waals surface area contributed by atoms with Crippen LogP contribution in [0.15, 0.2) is 24.3 Å². The molecule has 1 aromatic rings. The van der Waals surface area contributed by atoms with Crippen molar-refractivity contribution in [2.24, 2.45) is 0 Å². The van der Waals surface area contributed by atoms with Crippen molar-refractivity contribution < 1.29 is 12.8 Å². The molecule has 4 nitrogen and oxygen atoms in total. The van der Waals surface area contributed by atoms with Crippen molar-refractivity contribution in [3.63, 3.8) is 0 Å². The highest BCUT2D eigenvalue weighted by molar-refractivity contribution is 7.92. The summed E-state index contributed by atoms with van der Waals surface area (Å²) in [6.07, 6.45) is 0. The number of hydrogen-bond acceptors (Lipinski definition) is 3. The molecule has 0 aromatic heterocycles. The highest BCUT2D eigenvalue weighted by atomic mass is 32.2. The first-order chi connectivity index (χ1) is 8.00. The van der Waals surface area contributed by atoms with Crippen molar-refractivity contribution >= 4 is 15.7 Å². The molecular formula is C11H15FN2O2S. The van der Waals surface area contributed by atoms with Gasteiger partial charge >= 0.3 is 0 Å². The quantitative estimate of drug-likeness (QED) is 0.816. The van der Waals surface area contributed by atoms with Crippen LogP contribution in [0.5, 0.6) is 0 Å². The number of nitrogens with zero attached hydrogens (tertiary/aromatic N) is 1. The third-order valence-electron chi connectivity index (χ3n) is 2.74. The molecule has 1 saturated heterocycles. The van der Waals surface area contributed by atoms with Crippen molar-refractivity contribution in [2.45, 2.75) is 13.0 Å². The fraction of sp³-hybridized carbons (Fsp3) is 0.455. The van der Waals surface area contributed by atoms with Crippen molar-refractivity contribution in [1.29, 1.82) is 0 Å². The van der Waals surface area contributed by atoms with Crippen LogP contribution in [0.3, 0.4) is 0 Å². The molecule has 1 aliphatic heterocycles. The van der Waals surface area contributed by atoms with E-state index in [0.717, 1.165) is 0 Å². The Kier molecular flexibility index (Phi) is 3.35. The van der Waals surface area contributed by atoms with Gasteiger partial charge in [-0.3, -0.25) is 4.31 Å². The number of hydrogen-bond donors (Lipinski definition) is 1. The minimum atomic E-state index is -3.37. The smallest absolute Gasteiger partial charge is 0.236 e. The Balaban J connectivity index is 2.45. The Morgan fingerprint density at radius 3 is 2.94 bits per heavy atom. The summed E-state index contributed by atoms with van der Waals surface area (Å²) in [7, 11) is -3.37. The second-order valence-corrected chi connectivity index (χ2v) is 6.11. The van der Waals surface area contributed by atoms with Gasteiger partial charge in [0.2, 0.25) is 10.0 Å². The van der Waals surface area contributed by atoms with E-state index in [1.165, 1.54) is 22.5 Å². The van der Waals surface area contributed by atoms with Crippen LogP contribution in [0, 0.1) is 5.82 Å². The Hall–Kier alpha value is -1.14. The normalized spacial score (nSPS) is 24.4. The first-order valence-electron chi connectivity index (χ1n) is 5.49. The number of halogens is 1. The van der Waals surface area contributed by atoms with Crippen LogP contribution in [0.2, 0.25) is 0 Å². The van der Waals surface area contributed by atoms with Crippen molar-refractivity contribution in [3.05, 3.63) is 30.1 Å². The highest BCUT2D eigenvalue weighted by Crippen LogP contribution is 2.23. The van der Waals surface area contributed by atoms with E-state index in [4.69, 9.17) is 0 Å². The second kappa shape index (κ2) is 4.62. The minimum absolute atomic E-state index is 0.0356. The molecule has 1 aromatic carbocycles. The molecule has 2 rings (SSSR count). The van der Waals surface area contributed by atoms with Crippen LogP contribution >= 0.6 is 0 Å². The highest BCUT2D eigenvalue weighted by Gasteiger charge is 2.29. The molecule has 1 unspecified atom stereocenters. The van der Waals surface area contributed by atoms with Crippen LogP contribution in [0.4, 0.5) is 10.1 Å². The maximum Gasteiger partial charge on any atom is 0.236 e. The van der Waals surface area contributed by atoms with E-state index in [-0.39, 0.29) is 11.8 Å². The lowest BCUT2D eigenvalue weighted by Gasteiger charge is -2.27. The molecule has 1 atom stereocenters. The number of rotatable bonds is 1. The number of sulfonamides is 1. The first-order valence-corrected chi connectivity index (χ1v) is 7.10. The van der Waals surface area contributed by atoms with E-state index >= 15 is 0 Å². The molecule has 17 heavy (non-hydrogen) atoms. The predicted octanol–water partition coefficient (Wildman–Crippen LogP) is 0.954. The molecule has 1 heterocycles. The monoisotopic (exact) mass is 258 g/mol. The zero-order valence-corrected chi connectivity index (χ0v) is 10.4. The Morgan fingerprint density at radius 1 is 1.47 bits per heavy atom. The fourth-order valence-corrected chi connectivity index (χ4v) is 3.65. The Labute approximate surface area is 100 Å². The standard InChI is InChI=1S/C11H15FN2O2S/c1-9-8-13-5-6-17(15,16)14(9)11-4-2-3-10(12)7-11/h2-4,7,9,13H,5-6,8H2,1H3. The zero-order valence-electron chi connectivity index (χ0n) is 9.56. The third kappa shape index (κ3) is 2.58. The summed E-state index contributed by atoms with van der Waals surface area (Å²) in [5.41, 5.74) is 0.390. The van der Waals surface area contributed by atoms with E-state index < -0.39 is 15.8 Å². The first kappa shape index (κ1) is 12.3. The molecule has 0 radical (unpaired) electrons. The lowest BCUT2D eigenvalue weighted by atomic mass is 10.2. The number of anilines is 1. The zero-order chi connectivity index (χ0) is 12.5. The Bertz CT molecular complexity index is 504. The van der Waals surface area contributed by atoms with E-state index in [9.17, 15) is 12.8 Å². The summed E-state index contributed by atoms with van der Waals surface area (Å²) in [6.45, 7) is 2.80.